The number of ketones is 1. The van der Waals surface area contributed by atoms with E-state index in [-0.39, 0.29) is 42.6 Å². The highest BCUT2D eigenvalue weighted by molar-refractivity contribution is 7.20. The van der Waals surface area contributed by atoms with Crippen molar-refractivity contribution < 1.29 is 28.8 Å². The number of nitrogens with one attached hydrogen (secondary N) is 7. The van der Waals surface area contributed by atoms with Crippen molar-refractivity contribution in [1.82, 2.24) is 36.9 Å². The molecule has 15 nitrogen and oxygen atoms in total. The maximum Gasteiger partial charge on any atom is 0.243 e. The lowest BCUT2D eigenvalue weighted by atomic mass is 10.00. The summed E-state index contributed by atoms with van der Waals surface area (Å²) in [5, 5.41) is 23.7. The molecule has 1 fully saturated rings. The van der Waals surface area contributed by atoms with Crippen LogP contribution in [0, 0.1) is 11.3 Å². The molecule has 1 unspecified atom stereocenters. The van der Waals surface area contributed by atoms with Gasteiger partial charge in [0, 0.05) is 20.0 Å². The number of para-hydroxylation sites is 1. The molecule has 46 heavy (non-hydrogen) atoms. The van der Waals surface area contributed by atoms with E-state index in [1.54, 1.807) is 19.9 Å². The van der Waals surface area contributed by atoms with E-state index >= 15 is 0 Å². The van der Waals surface area contributed by atoms with Gasteiger partial charge in [-0.15, -0.1) is 11.3 Å². The van der Waals surface area contributed by atoms with Gasteiger partial charge in [0.05, 0.1) is 22.7 Å². The van der Waals surface area contributed by atoms with E-state index in [2.05, 4.69) is 36.9 Å². The van der Waals surface area contributed by atoms with Gasteiger partial charge in [0.1, 0.15) is 18.1 Å². The van der Waals surface area contributed by atoms with Crippen molar-refractivity contribution in [3.05, 3.63) is 29.3 Å². The maximum absolute atomic E-state index is 13.7. The van der Waals surface area contributed by atoms with E-state index in [0.29, 0.717) is 31.3 Å². The lowest BCUT2D eigenvalue weighted by Gasteiger charge is -2.28. The van der Waals surface area contributed by atoms with Crippen LogP contribution in [0.1, 0.15) is 69.1 Å². The topological polar surface area (TPSA) is 237 Å². The monoisotopic (exact) mass is 657 g/mol. The van der Waals surface area contributed by atoms with Crippen molar-refractivity contribution in [1.29, 1.82) is 5.41 Å². The summed E-state index contributed by atoms with van der Waals surface area (Å²) in [6, 6.07) is 2.99. The first-order chi connectivity index (χ1) is 21.8. The van der Waals surface area contributed by atoms with Gasteiger partial charge in [-0.2, -0.15) is 0 Å². The fourth-order valence-electron chi connectivity index (χ4n) is 4.93. The van der Waals surface area contributed by atoms with Gasteiger partial charge in [0.15, 0.2) is 11.0 Å². The van der Waals surface area contributed by atoms with Crippen molar-refractivity contribution in [2.75, 3.05) is 13.1 Å². The Labute approximate surface area is 271 Å². The molecular weight excluding hydrogens is 614 g/mol. The van der Waals surface area contributed by atoms with Crippen molar-refractivity contribution >= 4 is 62.8 Å². The molecular formula is C30H43N9O6S. The van der Waals surface area contributed by atoms with Crippen LogP contribution in [-0.4, -0.2) is 83.5 Å². The number of nitrogens with zero attached hydrogens (tertiary/aromatic N) is 1. The number of guanidine groups is 1. The van der Waals surface area contributed by atoms with Gasteiger partial charge in [0.2, 0.25) is 35.3 Å². The number of hydrogen-bond donors (Lipinski definition) is 8. The predicted molar refractivity (Wildman–Crippen MR) is 173 cm³/mol. The van der Waals surface area contributed by atoms with E-state index in [9.17, 15) is 28.8 Å². The average Bonchev–Trinajstić information content (AvgIpc) is 3.43. The zero-order valence-corrected chi connectivity index (χ0v) is 27.1. The Morgan fingerprint density at radius 1 is 1.11 bits per heavy atom. The SMILES string of the molecule is CC(=O)N[C@H]1CC(=O)NCCCC[C@@H](C(=O)NC(CCCNC(=N)N)C(=O)c2nc3ccccc3s2)NC(=O)[C@H](C(C)C)NC1=O. The Hall–Kier alpha value is -4.60. The predicted octanol–water partition coefficient (Wildman–Crippen LogP) is 0.0476. The summed E-state index contributed by atoms with van der Waals surface area (Å²) >= 11 is 1.22. The minimum absolute atomic E-state index is 0.203. The molecule has 0 spiro atoms. The number of fused-ring (bicyclic) bond motifs is 1. The third-order valence-corrected chi connectivity index (χ3v) is 8.38. The molecule has 0 saturated carbocycles. The van der Waals surface area contributed by atoms with E-state index < -0.39 is 59.6 Å². The fraction of sp³-hybridized carbons (Fsp3) is 0.533. The number of carbonyl (C=O) groups excluding carboxylic acids is 6. The Bertz CT molecular complexity index is 1410. The van der Waals surface area contributed by atoms with E-state index in [1.165, 1.54) is 18.3 Å². The number of benzene rings is 1. The minimum Gasteiger partial charge on any atom is -0.370 e. The quantitative estimate of drug-likeness (QED) is 0.0744. The van der Waals surface area contributed by atoms with Crippen LogP contribution in [-0.2, 0) is 24.0 Å². The summed E-state index contributed by atoms with van der Waals surface area (Å²) < 4.78 is 0.821. The van der Waals surface area contributed by atoms with Gasteiger partial charge in [-0.3, -0.25) is 34.2 Å². The molecule has 3 rings (SSSR count). The largest absolute Gasteiger partial charge is 0.370 e. The normalized spacial score (nSPS) is 20.4. The van der Waals surface area contributed by atoms with Gasteiger partial charge < -0.3 is 37.6 Å². The molecule has 1 saturated heterocycles. The summed E-state index contributed by atoms with van der Waals surface area (Å²) in [4.78, 5) is 82.7. The molecule has 16 heteroatoms. The average molecular weight is 658 g/mol. The number of nitrogens with two attached hydrogens (primary N) is 1. The molecule has 1 aromatic carbocycles. The molecule has 2 aromatic rings. The first-order valence-electron chi connectivity index (χ1n) is 15.3. The second-order valence-electron chi connectivity index (χ2n) is 11.5. The Morgan fingerprint density at radius 3 is 2.52 bits per heavy atom. The van der Waals surface area contributed by atoms with Crippen LogP contribution in [0.2, 0.25) is 0 Å². The van der Waals surface area contributed by atoms with Crippen LogP contribution >= 0.6 is 11.3 Å². The summed E-state index contributed by atoms with van der Waals surface area (Å²) in [6.07, 6.45) is 1.44. The third-order valence-electron chi connectivity index (χ3n) is 7.33. The van der Waals surface area contributed by atoms with Crippen LogP contribution in [0.3, 0.4) is 0 Å². The first kappa shape index (κ1) is 35.9. The molecule has 4 atom stereocenters. The number of hydrogen-bond acceptors (Lipinski definition) is 9. The Morgan fingerprint density at radius 2 is 1.85 bits per heavy atom. The number of rotatable bonds is 10. The molecule has 1 aliphatic heterocycles. The van der Waals surface area contributed by atoms with E-state index in [1.807, 2.05) is 18.2 Å². The van der Waals surface area contributed by atoms with Gasteiger partial charge >= 0.3 is 0 Å². The second kappa shape index (κ2) is 17.2. The van der Waals surface area contributed by atoms with Gasteiger partial charge in [-0.1, -0.05) is 26.0 Å². The smallest absolute Gasteiger partial charge is 0.243 e. The van der Waals surface area contributed by atoms with Crippen molar-refractivity contribution in [3.63, 3.8) is 0 Å². The highest BCUT2D eigenvalue weighted by Gasteiger charge is 2.34. The molecule has 1 aliphatic rings. The van der Waals surface area contributed by atoms with Crippen LogP contribution in [0.5, 0.6) is 0 Å². The maximum atomic E-state index is 13.7. The number of aromatic nitrogens is 1. The van der Waals surface area contributed by atoms with Gasteiger partial charge in [-0.25, -0.2) is 4.98 Å². The molecule has 2 heterocycles. The summed E-state index contributed by atoms with van der Waals surface area (Å²) in [7, 11) is 0. The molecule has 0 radical (unpaired) electrons. The number of carbonyl (C=O) groups is 6. The molecule has 9 N–H and O–H groups in total. The zero-order valence-electron chi connectivity index (χ0n) is 26.2. The lowest BCUT2D eigenvalue weighted by molar-refractivity contribution is -0.135. The number of thiazole rings is 1. The lowest BCUT2D eigenvalue weighted by Crippen LogP contribution is -2.59. The zero-order chi connectivity index (χ0) is 33.8. The van der Waals surface area contributed by atoms with E-state index in [4.69, 9.17) is 11.1 Å². The summed E-state index contributed by atoms with van der Waals surface area (Å²) in [6.45, 7) is 5.21. The van der Waals surface area contributed by atoms with Gasteiger partial charge in [-0.05, 0) is 50.2 Å². The van der Waals surface area contributed by atoms with Crippen molar-refractivity contribution in [3.8, 4) is 0 Å². The number of Topliss-reactive ketones (excluding diaryl/α,β-unsaturated/α-hetero) is 1. The highest BCUT2D eigenvalue weighted by Crippen LogP contribution is 2.23. The van der Waals surface area contributed by atoms with E-state index in [0.717, 1.165) is 4.70 Å². The van der Waals surface area contributed by atoms with Crippen molar-refractivity contribution in [2.45, 2.75) is 83.5 Å². The summed E-state index contributed by atoms with van der Waals surface area (Å²) in [5.74, 6) is -3.88. The molecule has 0 aliphatic carbocycles. The van der Waals surface area contributed by atoms with Crippen LogP contribution < -0.4 is 37.6 Å². The summed E-state index contributed by atoms with van der Waals surface area (Å²) in [5.41, 5.74) is 6.04. The minimum atomic E-state index is -1.19. The van der Waals surface area contributed by atoms with Crippen LogP contribution in [0.4, 0.5) is 0 Å². The number of amides is 5. The Balaban J connectivity index is 1.84. The molecule has 5 amide bonds. The highest BCUT2D eigenvalue weighted by atomic mass is 32.1. The van der Waals surface area contributed by atoms with Crippen LogP contribution in [0.15, 0.2) is 24.3 Å². The first-order valence-corrected chi connectivity index (χ1v) is 16.1. The standard InChI is InChI=1S/C30H43N9O6S/c1-16(2)24-28(45)37-20(10-6-7-13-33-23(41)15-21(27(44)39-24)35-17(3)40)26(43)36-19(11-8-14-34-30(31)32)25(42)29-38-18-9-4-5-12-22(18)46-29/h4-5,9,12,16,19-21,24H,6-8,10-11,13-15H2,1-3H3,(H,33,41)(H,35,40)(H,36,43)(H,37,45)(H,39,44)(H4,31,32,34)/t19?,20-,21-,24-/m0/s1. The van der Waals surface area contributed by atoms with Gasteiger partial charge in [0.25, 0.3) is 0 Å². The second-order valence-corrected chi connectivity index (χ2v) is 12.5. The Kier molecular flexibility index (Phi) is 13.4. The van der Waals surface area contributed by atoms with Crippen LogP contribution in [0.25, 0.3) is 10.2 Å². The molecule has 1 aromatic heterocycles. The van der Waals surface area contributed by atoms with Crippen molar-refractivity contribution in [2.24, 2.45) is 11.7 Å². The fourth-order valence-corrected chi connectivity index (χ4v) is 5.89. The third kappa shape index (κ3) is 10.8. The molecule has 250 valence electrons. The molecule has 0 bridgehead atoms.